The predicted molar refractivity (Wildman–Crippen MR) is 166 cm³/mol. The summed E-state index contributed by atoms with van der Waals surface area (Å²) in [5.74, 6) is -0.723. The molecule has 0 radical (unpaired) electrons. The summed E-state index contributed by atoms with van der Waals surface area (Å²) >= 11 is 14.3. The Kier molecular flexibility index (Phi) is 11.8. The Morgan fingerprint density at radius 2 is 1.61 bits per heavy atom. The minimum absolute atomic E-state index is 0.00782. The maximum atomic E-state index is 14.1. The summed E-state index contributed by atoms with van der Waals surface area (Å²) < 4.78 is 35.0. The van der Waals surface area contributed by atoms with Gasteiger partial charge in [-0.1, -0.05) is 48.3 Å². The lowest BCUT2D eigenvalue weighted by molar-refractivity contribution is -0.140. The number of hydrogen-bond acceptors (Lipinski definition) is 6. The maximum Gasteiger partial charge on any atom is 0.264 e. The van der Waals surface area contributed by atoms with Crippen molar-refractivity contribution in [3.63, 3.8) is 0 Å². The quantitative estimate of drug-likeness (QED) is 0.236. The number of rotatable bonds is 13. The molecule has 3 aromatic carbocycles. The molecule has 3 rings (SSSR count). The average molecular weight is 639 g/mol. The third kappa shape index (κ3) is 7.68. The van der Waals surface area contributed by atoms with Crippen LogP contribution in [0.1, 0.15) is 25.8 Å². The van der Waals surface area contributed by atoms with Crippen LogP contribution in [-0.4, -0.2) is 57.6 Å². The molecular weight excluding hydrogens is 605 g/mol. The van der Waals surface area contributed by atoms with Crippen molar-refractivity contribution in [1.82, 2.24) is 10.2 Å². The van der Waals surface area contributed by atoms with Crippen molar-refractivity contribution in [2.45, 2.75) is 42.6 Å². The molecule has 0 bridgehead atoms. The Balaban J connectivity index is 2.15. The zero-order chi connectivity index (χ0) is 30.2. The van der Waals surface area contributed by atoms with Crippen molar-refractivity contribution in [2.75, 3.05) is 30.8 Å². The lowest BCUT2D eigenvalue weighted by Crippen LogP contribution is -2.51. The van der Waals surface area contributed by atoms with Crippen LogP contribution in [0.2, 0.25) is 10.0 Å². The van der Waals surface area contributed by atoms with Crippen LogP contribution in [0.5, 0.6) is 5.75 Å². The van der Waals surface area contributed by atoms with Crippen LogP contribution in [0.4, 0.5) is 5.69 Å². The van der Waals surface area contributed by atoms with E-state index in [0.717, 1.165) is 9.20 Å². The summed E-state index contributed by atoms with van der Waals surface area (Å²) in [4.78, 5) is 29.2. The molecule has 0 aliphatic rings. The Morgan fingerprint density at radius 1 is 0.976 bits per heavy atom. The van der Waals surface area contributed by atoms with Gasteiger partial charge in [-0.3, -0.25) is 13.9 Å². The third-order valence-corrected chi connectivity index (χ3v) is 9.61. The van der Waals surface area contributed by atoms with Crippen molar-refractivity contribution < 1.29 is 22.7 Å². The van der Waals surface area contributed by atoms with Gasteiger partial charge in [0, 0.05) is 34.1 Å². The number of benzene rings is 3. The van der Waals surface area contributed by atoms with E-state index < -0.39 is 34.4 Å². The molecule has 0 heterocycles. The molecular formula is C29H33Cl2N3O5S2. The van der Waals surface area contributed by atoms with Crippen molar-refractivity contribution in [3.8, 4) is 5.75 Å². The number of para-hydroxylation sites is 2. The topological polar surface area (TPSA) is 96.0 Å². The van der Waals surface area contributed by atoms with Gasteiger partial charge < -0.3 is 15.0 Å². The summed E-state index contributed by atoms with van der Waals surface area (Å²) in [7, 11) is -2.78. The average Bonchev–Trinajstić information content (AvgIpc) is 2.97. The molecule has 8 nitrogen and oxygen atoms in total. The zero-order valence-electron chi connectivity index (χ0n) is 23.3. The number of nitrogens with one attached hydrogen (secondary N) is 1. The SMILES string of the molecule is CCOc1ccccc1N(CC(=O)N(Cc1c(Cl)cccc1Cl)[C@H](CC)C(=O)NC)S(=O)(=O)c1ccc(SC)cc1. The smallest absolute Gasteiger partial charge is 0.264 e. The van der Waals surface area contributed by atoms with Gasteiger partial charge in [-0.05, 0) is 68.1 Å². The molecule has 0 saturated heterocycles. The normalized spacial score (nSPS) is 12.0. The van der Waals surface area contributed by atoms with E-state index >= 15 is 0 Å². The lowest BCUT2D eigenvalue weighted by Gasteiger charge is -2.33. The van der Waals surface area contributed by atoms with E-state index in [1.54, 1.807) is 68.4 Å². The second kappa shape index (κ2) is 14.8. The van der Waals surface area contributed by atoms with Crippen molar-refractivity contribution >= 4 is 62.5 Å². The lowest BCUT2D eigenvalue weighted by atomic mass is 10.1. The van der Waals surface area contributed by atoms with Crippen molar-refractivity contribution in [1.29, 1.82) is 0 Å². The van der Waals surface area contributed by atoms with E-state index in [1.807, 2.05) is 6.26 Å². The maximum absolute atomic E-state index is 14.1. The second-order valence-electron chi connectivity index (χ2n) is 8.85. The minimum atomic E-state index is -4.25. The number of sulfonamides is 1. The molecule has 0 saturated carbocycles. The molecule has 0 spiro atoms. The summed E-state index contributed by atoms with van der Waals surface area (Å²) in [6, 6.07) is 17.1. The van der Waals surface area contributed by atoms with Crippen LogP contribution in [0.15, 0.2) is 76.5 Å². The summed E-state index contributed by atoms with van der Waals surface area (Å²) in [5, 5.41) is 3.23. The van der Waals surface area contributed by atoms with Crippen LogP contribution in [0.3, 0.4) is 0 Å². The second-order valence-corrected chi connectivity index (χ2v) is 12.4. The number of hydrogen-bond donors (Lipinski definition) is 1. The highest BCUT2D eigenvalue weighted by molar-refractivity contribution is 7.98. The zero-order valence-corrected chi connectivity index (χ0v) is 26.4. The fourth-order valence-corrected chi connectivity index (χ4v) is 6.62. The number of likely N-dealkylation sites (N-methyl/N-ethyl adjacent to an activating group) is 1. The molecule has 0 aliphatic carbocycles. The monoisotopic (exact) mass is 637 g/mol. The van der Waals surface area contributed by atoms with Crippen molar-refractivity contribution in [3.05, 3.63) is 82.3 Å². The van der Waals surface area contributed by atoms with Crippen LogP contribution in [0.25, 0.3) is 0 Å². The Morgan fingerprint density at radius 3 is 2.17 bits per heavy atom. The molecule has 220 valence electrons. The first-order chi connectivity index (χ1) is 19.6. The number of carbonyl (C=O) groups is 2. The first-order valence-electron chi connectivity index (χ1n) is 12.9. The van der Waals surface area contributed by atoms with Gasteiger partial charge in [0.05, 0.1) is 17.2 Å². The third-order valence-electron chi connectivity index (χ3n) is 6.38. The van der Waals surface area contributed by atoms with Gasteiger partial charge in [-0.15, -0.1) is 11.8 Å². The summed E-state index contributed by atoms with van der Waals surface area (Å²) in [6.07, 6.45) is 2.16. The Hall–Kier alpha value is -2.92. The van der Waals surface area contributed by atoms with Crippen molar-refractivity contribution in [2.24, 2.45) is 0 Å². The van der Waals surface area contributed by atoms with E-state index in [-0.39, 0.29) is 30.2 Å². The number of carbonyl (C=O) groups excluding carboxylic acids is 2. The number of nitrogens with zero attached hydrogens (tertiary/aromatic N) is 2. The van der Waals surface area contributed by atoms with Gasteiger partial charge >= 0.3 is 0 Å². The van der Waals surface area contributed by atoms with E-state index in [4.69, 9.17) is 27.9 Å². The van der Waals surface area contributed by atoms with Gasteiger partial charge in [0.15, 0.2) is 0 Å². The molecule has 1 N–H and O–H groups in total. The standard InChI is InChI=1S/C29H33Cl2N3O5S2/c1-5-25(29(36)32-3)33(18-22-23(30)10-9-11-24(22)31)28(35)19-34(26-12-7-8-13-27(26)39-6-2)41(37,38)21-16-14-20(40-4)15-17-21/h7-17,25H,5-6,18-19H2,1-4H3,(H,32,36)/t25-/m1/s1. The molecule has 0 fully saturated rings. The van der Waals surface area contributed by atoms with Crippen LogP contribution in [-0.2, 0) is 26.2 Å². The number of thioether (sulfide) groups is 1. The number of amides is 2. The minimum Gasteiger partial charge on any atom is -0.492 e. The first-order valence-corrected chi connectivity index (χ1v) is 16.3. The van der Waals surface area contributed by atoms with E-state index in [1.165, 1.54) is 35.8 Å². The highest BCUT2D eigenvalue weighted by Crippen LogP contribution is 2.34. The van der Waals surface area contributed by atoms with E-state index in [2.05, 4.69) is 5.32 Å². The van der Waals surface area contributed by atoms with Crippen LogP contribution < -0.4 is 14.4 Å². The van der Waals surface area contributed by atoms with Gasteiger partial charge in [0.25, 0.3) is 10.0 Å². The molecule has 0 aromatic heterocycles. The fraction of sp³-hybridized carbons (Fsp3) is 0.310. The molecule has 3 aromatic rings. The van der Waals surface area contributed by atoms with Gasteiger partial charge in [-0.25, -0.2) is 8.42 Å². The Bertz CT molecular complexity index is 1450. The Labute approximate surface area is 256 Å². The first kappa shape index (κ1) is 32.6. The number of halogens is 2. The van der Waals surface area contributed by atoms with Gasteiger partial charge in [-0.2, -0.15) is 0 Å². The number of anilines is 1. The molecule has 1 atom stereocenters. The molecule has 41 heavy (non-hydrogen) atoms. The van der Waals surface area contributed by atoms with Crippen LogP contribution >= 0.6 is 35.0 Å². The molecule has 12 heteroatoms. The summed E-state index contributed by atoms with van der Waals surface area (Å²) in [6.45, 7) is 3.12. The molecule has 0 unspecified atom stereocenters. The van der Waals surface area contributed by atoms with Gasteiger partial charge in [0.2, 0.25) is 11.8 Å². The van der Waals surface area contributed by atoms with E-state index in [9.17, 15) is 18.0 Å². The van der Waals surface area contributed by atoms with Crippen LogP contribution in [0, 0.1) is 0 Å². The predicted octanol–water partition coefficient (Wildman–Crippen LogP) is 5.86. The molecule has 0 aliphatic heterocycles. The number of ether oxygens (including phenoxy) is 1. The molecule has 2 amide bonds. The highest BCUT2D eigenvalue weighted by atomic mass is 35.5. The summed E-state index contributed by atoms with van der Waals surface area (Å²) in [5.41, 5.74) is 0.642. The highest BCUT2D eigenvalue weighted by Gasteiger charge is 2.35. The van der Waals surface area contributed by atoms with Gasteiger partial charge in [0.1, 0.15) is 18.3 Å². The van der Waals surface area contributed by atoms with E-state index in [0.29, 0.717) is 21.4 Å². The largest absolute Gasteiger partial charge is 0.492 e. The fourth-order valence-electron chi connectivity index (χ4n) is 4.27.